The zero-order valence-corrected chi connectivity index (χ0v) is 16.3. The van der Waals surface area contributed by atoms with Gasteiger partial charge in [-0.25, -0.2) is 9.67 Å². The van der Waals surface area contributed by atoms with Gasteiger partial charge in [-0.1, -0.05) is 6.07 Å². The summed E-state index contributed by atoms with van der Waals surface area (Å²) in [6, 6.07) is 11.5. The normalized spacial score (nSPS) is 10.7. The first-order valence-corrected chi connectivity index (χ1v) is 8.94. The third kappa shape index (κ3) is 4.16. The summed E-state index contributed by atoms with van der Waals surface area (Å²) >= 11 is 0. The Morgan fingerprint density at radius 1 is 1.07 bits per heavy atom. The van der Waals surface area contributed by atoms with E-state index in [1.165, 1.54) is 0 Å². The van der Waals surface area contributed by atoms with Crippen LogP contribution in [0, 0.1) is 27.7 Å². The average Bonchev–Trinajstić information content (AvgIpc) is 2.98. The molecule has 2 aromatic heterocycles. The summed E-state index contributed by atoms with van der Waals surface area (Å²) in [5.74, 6) is 0.891. The number of amides is 1. The Kier molecular flexibility index (Phi) is 5.26. The Hall–Kier alpha value is -3.15. The van der Waals surface area contributed by atoms with Crippen molar-refractivity contribution in [2.45, 2.75) is 34.6 Å². The van der Waals surface area contributed by atoms with Gasteiger partial charge in [-0.15, -0.1) is 0 Å². The summed E-state index contributed by atoms with van der Waals surface area (Å²) in [5, 5.41) is 7.28. The number of aromatic nitrogens is 3. The number of carbonyl (C=O) groups excluding carboxylic acids is 1. The van der Waals surface area contributed by atoms with E-state index in [0.29, 0.717) is 23.9 Å². The number of benzene rings is 1. The number of hydrogen-bond donors (Lipinski definition) is 1. The molecular weight excluding hydrogens is 340 g/mol. The predicted molar refractivity (Wildman–Crippen MR) is 106 cm³/mol. The van der Waals surface area contributed by atoms with E-state index in [1.807, 2.05) is 46.8 Å². The minimum absolute atomic E-state index is 0.294. The summed E-state index contributed by atoms with van der Waals surface area (Å²) in [5.41, 5.74) is 5.21. The second kappa shape index (κ2) is 7.61. The molecule has 140 valence electrons. The fourth-order valence-electron chi connectivity index (χ4n) is 3.03. The molecule has 1 amide bonds. The van der Waals surface area contributed by atoms with Crippen LogP contribution in [0.1, 0.15) is 39.9 Å². The molecular formula is C21H24N4O2. The number of rotatable bonds is 5. The van der Waals surface area contributed by atoms with Gasteiger partial charge in [0.2, 0.25) is 0 Å². The van der Waals surface area contributed by atoms with Crippen LogP contribution in [-0.2, 0) is 0 Å². The monoisotopic (exact) mass is 364 g/mol. The second-order valence-electron chi connectivity index (χ2n) is 6.60. The van der Waals surface area contributed by atoms with Crippen LogP contribution in [0.25, 0.3) is 5.69 Å². The van der Waals surface area contributed by atoms with Gasteiger partial charge in [0.1, 0.15) is 11.6 Å². The number of pyridine rings is 1. The smallest absolute Gasteiger partial charge is 0.277 e. The summed E-state index contributed by atoms with van der Waals surface area (Å²) in [6.07, 6.45) is 0. The van der Waals surface area contributed by atoms with Crippen LogP contribution in [0.5, 0.6) is 5.75 Å². The van der Waals surface area contributed by atoms with Gasteiger partial charge in [-0.2, -0.15) is 5.10 Å². The zero-order valence-electron chi connectivity index (χ0n) is 16.3. The maximum atomic E-state index is 12.6. The lowest BCUT2D eigenvalue weighted by molar-refractivity contribution is 0.102. The Morgan fingerprint density at radius 3 is 2.41 bits per heavy atom. The first-order chi connectivity index (χ1) is 12.9. The minimum Gasteiger partial charge on any atom is -0.492 e. The molecule has 2 heterocycles. The first-order valence-electron chi connectivity index (χ1n) is 8.94. The van der Waals surface area contributed by atoms with Gasteiger partial charge in [0, 0.05) is 5.69 Å². The fourth-order valence-corrected chi connectivity index (χ4v) is 3.03. The van der Waals surface area contributed by atoms with Gasteiger partial charge < -0.3 is 10.1 Å². The summed E-state index contributed by atoms with van der Waals surface area (Å²) in [4.78, 5) is 17.0. The van der Waals surface area contributed by atoms with Gasteiger partial charge >= 0.3 is 0 Å². The van der Waals surface area contributed by atoms with Crippen molar-refractivity contribution < 1.29 is 9.53 Å². The molecule has 0 saturated carbocycles. The molecule has 27 heavy (non-hydrogen) atoms. The highest BCUT2D eigenvalue weighted by Gasteiger charge is 2.15. The molecule has 6 heteroatoms. The third-order valence-electron chi connectivity index (χ3n) is 4.15. The highest BCUT2D eigenvalue weighted by molar-refractivity contribution is 6.02. The lowest BCUT2D eigenvalue weighted by atomic mass is 10.1. The molecule has 3 rings (SSSR count). The molecule has 0 fully saturated rings. The van der Waals surface area contributed by atoms with E-state index in [1.54, 1.807) is 22.9 Å². The molecule has 0 bridgehead atoms. The maximum absolute atomic E-state index is 12.6. The number of nitrogens with one attached hydrogen (secondary N) is 1. The van der Waals surface area contributed by atoms with Gasteiger partial charge in [-0.05, 0) is 76.1 Å². The standard InChI is InChI=1S/C21H24N4O2/c1-6-27-19-7-8-20(22-16(19)5)23-21(26)18-12-15(4)25(24-18)17-10-13(2)9-14(3)11-17/h7-12H,6H2,1-5H3,(H,22,23,26). The van der Waals surface area contributed by atoms with Crippen molar-refractivity contribution in [1.82, 2.24) is 14.8 Å². The SMILES string of the molecule is CCOc1ccc(NC(=O)c2cc(C)n(-c3cc(C)cc(C)c3)n2)nc1C. The molecule has 6 nitrogen and oxygen atoms in total. The van der Waals surface area contributed by atoms with E-state index in [0.717, 1.165) is 28.2 Å². The van der Waals surface area contributed by atoms with Gasteiger partial charge in [0.25, 0.3) is 5.91 Å². The molecule has 0 atom stereocenters. The van der Waals surface area contributed by atoms with Crippen molar-refractivity contribution in [2.24, 2.45) is 0 Å². The summed E-state index contributed by atoms with van der Waals surface area (Å²) < 4.78 is 7.26. The number of carbonyl (C=O) groups is 1. The van der Waals surface area contributed by atoms with Crippen LogP contribution >= 0.6 is 0 Å². The predicted octanol–water partition coefficient (Wildman–Crippen LogP) is 4.15. The van der Waals surface area contributed by atoms with Gasteiger partial charge in [0.15, 0.2) is 5.69 Å². The van der Waals surface area contributed by atoms with Gasteiger partial charge in [-0.3, -0.25) is 4.79 Å². The van der Waals surface area contributed by atoms with Crippen molar-refractivity contribution >= 4 is 11.7 Å². The minimum atomic E-state index is -0.294. The summed E-state index contributed by atoms with van der Waals surface area (Å²) in [7, 11) is 0. The molecule has 1 N–H and O–H groups in total. The molecule has 0 unspecified atom stereocenters. The van der Waals surface area contributed by atoms with Crippen LogP contribution in [0.15, 0.2) is 36.4 Å². The molecule has 0 saturated heterocycles. The molecule has 0 aliphatic heterocycles. The molecule has 3 aromatic rings. The Bertz CT molecular complexity index is 972. The quantitative estimate of drug-likeness (QED) is 0.738. The van der Waals surface area contributed by atoms with Crippen LogP contribution in [-0.4, -0.2) is 27.3 Å². The fraction of sp³-hybridized carbons (Fsp3) is 0.286. The Labute approximate surface area is 159 Å². The topological polar surface area (TPSA) is 69.0 Å². The average molecular weight is 364 g/mol. The second-order valence-corrected chi connectivity index (χ2v) is 6.60. The van der Waals surface area contributed by atoms with E-state index in [4.69, 9.17) is 4.74 Å². The number of aryl methyl sites for hydroxylation is 4. The van der Waals surface area contributed by atoms with E-state index in [9.17, 15) is 4.79 Å². The molecule has 0 spiro atoms. The van der Waals surface area contributed by atoms with Crippen LogP contribution in [0.4, 0.5) is 5.82 Å². The van der Waals surface area contributed by atoms with E-state index < -0.39 is 0 Å². The van der Waals surface area contributed by atoms with Gasteiger partial charge in [0.05, 0.1) is 18.0 Å². The molecule has 1 aromatic carbocycles. The molecule has 0 radical (unpaired) electrons. The highest BCUT2D eigenvalue weighted by Crippen LogP contribution is 2.20. The first kappa shape index (κ1) is 18.6. The molecule has 0 aliphatic rings. The zero-order chi connectivity index (χ0) is 19.6. The summed E-state index contributed by atoms with van der Waals surface area (Å²) in [6.45, 7) is 10.4. The largest absolute Gasteiger partial charge is 0.492 e. The lowest BCUT2D eigenvalue weighted by Gasteiger charge is -2.08. The Balaban J connectivity index is 1.83. The van der Waals surface area contributed by atoms with E-state index >= 15 is 0 Å². The number of hydrogen-bond acceptors (Lipinski definition) is 4. The van der Waals surface area contributed by atoms with Crippen LogP contribution in [0.3, 0.4) is 0 Å². The van der Waals surface area contributed by atoms with Crippen molar-refractivity contribution in [1.29, 1.82) is 0 Å². The number of anilines is 1. The van der Waals surface area contributed by atoms with E-state index in [-0.39, 0.29) is 5.91 Å². The number of ether oxygens (including phenoxy) is 1. The highest BCUT2D eigenvalue weighted by atomic mass is 16.5. The van der Waals surface area contributed by atoms with Crippen molar-refractivity contribution in [2.75, 3.05) is 11.9 Å². The van der Waals surface area contributed by atoms with Crippen molar-refractivity contribution in [3.05, 3.63) is 64.6 Å². The maximum Gasteiger partial charge on any atom is 0.277 e. The lowest BCUT2D eigenvalue weighted by Crippen LogP contribution is -2.14. The number of nitrogens with zero attached hydrogens (tertiary/aromatic N) is 3. The van der Waals surface area contributed by atoms with E-state index in [2.05, 4.69) is 21.5 Å². The van der Waals surface area contributed by atoms with Crippen LogP contribution < -0.4 is 10.1 Å². The Morgan fingerprint density at radius 2 is 1.78 bits per heavy atom. The molecule has 0 aliphatic carbocycles. The van der Waals surface area contributed by atoms with Crippen molar-refractivity contribution in [3.63, 3.8) is 0 Å². The van der Waals surface area contributed by atoms with Crippen molar-refractivity contribution in [3.8, 4) is 11.4 Å². The third-order valence-corrected chi connectivity index (χ3v) is 4.15. The van der Waals surface area contributed by atoms with Crippen LogP contribution in [0.2, 0.25) is 0 Å².